The number of nitrogens with one attached hydrogen (secondary N) is 1. The van der Waals surface area contributed by atoms with Gasteiger partial charge in [-0.05, 0) is 0 Å². The summed E-state index contributed by atoms with van der Waals surface area (Å²) in [7, 11) is 0. The molecule has 0 saturated carbocycles. The van der Waals surface area contributed by atoms with Crippen LogP contribution in [0.3, 0.4) is 0 Å². The van der Waals surface area contributed by atoms with Gasteiger partial charge < -0.3 is 0 Å². The summed E-state index contributed by atoms with van der Waals surface area (Å²) in [5, 5.41) is 3.35. The van der Waals surface area contributed by atoms with Crippen LogP contribution in [0.4, 0.5) is 5.69 Å². The maximum absolute atomic E-state index is 4.43. The average molecular weight is 304 g/mol. The van der Waals surface area contributed by atoms with E-state index in [-0.39, 0.29) is 15.0 Å². The third kappa shape index (κ3) is 2.25. The molecule has 0 aliphatic carbocycles. The van der Waals surface area contributed by atoms with Crippen LogP contribution in [0, 0.1) is 6.92 Å². The molecular weight excluding hydrogens is 293 g/mol. The van der Waals surface area contributed by atoms with Gasteiger partial charge in [0.1, 0.15) is 0 Å². The average Bonchev–Trinajstić information content (AvgIpc) is 2.85. The summed E-state index contributed by atoms with van der Waals surface area (Å²) in [5.74, 6) is 0.788. The molecule has 0 aliphatic heterocycles. The fourth-order valence-electron chi connectivity index (χ4n) is 1.74. The van der Waals surface area contributed by atoms with Crippen molar-refractivity contribution < 1.29 is 0 Å². The quantitative estimate of drug-likeness (QED) is 0.741. The van der Waals surface area contributed by atoms with Crippen LogP contribution in [0.1, 0.15) is 11.5 Å². The number of aryl methyl sites for hydroxylation is 1. The first-order chi connectivity index (χ1) is 8.83. The molecule has 1 N–H and O–H groups in total. The van der Waals surface area contributed by atoms with Crippen LogP contribution in [-0.2, 0) is 6.54 Å². The van der Waals surface area contributed by atoms with Gasteiger partial charge in [-0.3, -0.25) is 0 Å². The first kappa shape index (κ1) is 11.3. The molecule has 0 bridgehead atoms. The SMILES string of the molecule is Cc1nccc(CNc2cccc3n[se]nc23)n1. The van der Waals surface area contributed by atoms with E-state index in [9.17, 15) is 0 Å². The molecule has 3 rings (SSSR count). The number of hydrogen-bond donors (Lipinski definition) is 1. The second kappa shape index (κ2) is 4.84. The molecule has 1 aromatic carbocycles. The summed E-state index contributed by atoms with van der Waals surface area (Å²) >= 11 is 0.00558. The van der Waals surface area contributed by atoms with E-state index in [2.05, 4.69) is 23.2 Å². The minimum absolute atomic E-state index is 0.00558. The number of nitrogens with zero attached hydrogens (tertiary/aromatic N) is 4. The molecule has 90 valence electrons. The van der Waals surface area contributed by atoms with Crippen LogP contribution in [0.25, 0.3) is 11.0 Å². The van der Waals surface area contributed by atoms with Crippen LogP contribution in [0.2, 0.25) is 0 Å². The van der Waals surface area contributed by atoms with Crippen LogP contribution < -0.4 is 5.32 Å². The molecule has 18 heavy (non-hydrogen) atoms. The van der Waals surface area contributed by atoms with Crippen molar-refractivity contribution in [2.75, 3.05) is 5.32 Å². The Bertz CT molecular complexity index is 679. The first-order valence-corrected chi connectivity index (χ1v) is 7.10. The zero-order valence-electron chi connectivity index (χ0n) is 9.79. The predicted octanol–water partition coefficient (Wildman–Crippen LogP) is 1.40. The normalized spacial score (nSPS) is 10.7. The first-order valence-electron chi connectivity index (χ1n) is 5.56. The monoisotopic (exact) mass is 305 g/mol. The second-order valence-electron chi connectivity index (χ2n) is 3.89. The Morgan fingerprint density at radius 3 is 3.06 bits per heavy atom. The molecule has 2 aromatic heterocycles. The summed E-state index contributed by atoms with van der Waals surface area (Å²) in [4.78, 5) is 8.44. The fourth-order valence-corrected chi connectivity index (χ4v) is 2.89. The topological polar surface area (TPSA) is 63.6 Å². The number of anilines is 1. The Hall–Kier alpha value is -1.78. The van der Waals surface area contributed by atoms with Crippen molar-refractivity contribution in [1.29, 1.82) is 0 Å². The van der Waals surface area contributed by atoms with E-state index in [1.807, 2.05) is 31.2 Å². The summed E-state index contributed by atoms with van der Waals surface area (Å²) in [6.07, 6.45) is 1.78. The Kier molecular flexibility index (Phi) is 3.04. The summed E-state index contributed by atoms with van der Waals surface area (Å²) in [5.41, 5.74) is 3.95. The maximum atomic E-state index is 4.43. The van der Waals surface area contributed by atoms with Crippen molar-refractivity contribution in [1.82, 2.24) is 17.9 Å². The number of rotatable bonds is 3. The predicted molar refractivity (Wildman–Crippen MR) is 70.6 cm³/mol. The van der Waals surface area contributed by atoms with E-state index in [0.717, 1.165) is 28.2 Å². The molecule has 5 nitrogen and oxygen atoms in total. The summed E-state index contributed by atoms with van der Waals surface area (Å²) < 4.78 is 8.79. The van der Waals surface area contributed by atoms with Crippen molar-refractivity contribution in [2.24, 2.45) is 0 Å². The number of benzene rings is 1. The van der Waals surface area contributed by atoms with Gasteiger partial charge in [-0.15, -0.1) is 0 Å². The van der Waals surface area contributed by atoms with E-state index < -0.39 is 0 Å². The van der Waals surface area contributed by atoms with E-state index in [0.29, 0.717) is 6.54 Å². The van der Waals surface area contributed by atoms with Gasteiger partial charge in [-0.25, -0.2) is 0 Å². The summed E-state index contributed by atoms with van der Waals surface area (Å²) in [6, 6.07) is 7.92. The van der Waals surface area contributed by atoms with E-state index in [1.54, 1.807) is 6.20 Å². The van der Waals surface area contributed by atoms with E-state index in [4.69, 9.17) is 0 Å². The Morgan fingerprint density at radius 1 is 1.22 bits per heavy atom. The van der Waals surface area contributed by atoms with Gasteiger partial charge in [-0.1, -0.05) is 0 Å². The Balaban J connectivity index is 1.83. The molecular formula is C12H11N5Se. The second-order valence-corrected chi connectivity index (χ2v) is 4.99. The molecule has 0 spiro atoms. The number of fused-ring (bicyclic) bond motifs is 1. The van der Waals surface area contributed by atoms with Crippen LogP contribution >= 0.6 is 0 Å². The van der Waals surface area contributed by atoms with Crippen molar-refractivity contribution in [3.05, 3.63) is 42.0 Å². The summed E-state index contributed by atoms with van der Waals surface area (Å²) in [6.45, 7) is 2.56. The van der Waals surface area contributed by atoms with Crippen LogP contribution in [-0.4, -0.2) is 32.9 Å². The zero-order chi connectivity index (χ0) is 12.4. The molecule has 0 radical (unpaired) electrons. The van der Waals surface area contributed by atoms with Gasteiger partial charge >= 0.3 is 110 Å². The minimum atomic E-state index is 0.00558. The standard InChI is InChI=1S/C12H11N5Se/c1-8-13-6-5-9(15-8)7-14-10-3-2-4-11-12(10)17-18-16-11/h2-6,14H,7H2,1H3. The van der Waals surface area contributed by atoms with Gasteiger partial charge in [0, 0.05) is 0 Å². The van der Waals surface area contributed by atoms with Crippen molar-refractivity contribution in [2.45, 2.75) is 13.5 Å². The molecule has 0 saturated heterocycles. The van der Waals surface area contributed by atoms with E-state index in [1.165, 1.54) is 0 Å². The number of aromatic nitrogens is 4. The van der Waals surface area contributed by atoms with Gasteiger partial charge in [0.05, 0.1) is 0 Å². The van der Waals surface area contributed by atoms with Crippen LogP contribution in [0.5, 0.6) is 0 Å². The van der Waals surface area contributed by atoms with Gasteiger partial charge in [0.2, 0.25) is 0 Å². The molecule has 0 atom stereocenters. The molecule has 0 fully saturated rings. The molecule has 0 aliphatic rings. The van der Waals surface area contributed by atoms with Gasteiger partial charge in [-0.2, -0.15) is 0 Å². The van der Waals surface area contributed by atoms with Crippen molar-refractivity contribution in [3.8, 4) is 0 Å². The Morgan fingerprint density at radius 2 is 2.17 bits per heavy atom. The van der Waals surface area contributed by atoms with Gasteiger partial charge in [0.25, 0.3) is 0 Å². The number of hydrogen-bond acceptors (Lipinski definition) is 5. The van der Waals surface area contributed by atoms with Crippen LogP contribution in [0.15, 0.2) is 30.5 Å². The zero-order valence-corrected chi connectivity index (χ0v) is 11.5. The Labute approximate surface area is 111 Å². The molecule has 0 amide bonds. The van der Waals surface area contributed by atoms with Gasteiger partial charge in [0.15, 0.2) is 0 Å². The van der Waals surface area contributed by atoms with Crippen molar-refractivity contribution in [3.63, 3.8) is 0 Å². The molecule has 0 unspecified atom stereocenters. The van der Waals surface area contributed by atoms with E-state index >= 15 is 0 Å². The molecule has 2 heterocycles. The third-order valence-electron chi connectivity index (χ3n) is 2.58. The molecule has 3 aromatic rings. The van der Waals surface area contributed by atoms with Crippen molar-refractivity contribution >= 4 is 31.7 Å². The fraction of sp³-hybridized carbons (Fsp3) is 0.167. The third-order valence-corrected chi connectivity index (χ3v) is 3.72. The molecule has 6 heteroatoms.